The minimum atomic E-state index is -0.733. The Morgan fingerprint density at radius 1 is 0.680 bits per heavy atom. The van der Waals surface area contributed by atoms with E-state index in [1.165, 1.54) is 0 Å². The molecule has 0 bridgehead atoms. The lowest BCUT2D eigenvalue weighted by atomic mass is 9.77. The average molecular weight is 655 g/mol. The molecule has 1 aliphatic heterocycles. The van der Waals surface area contributed by atoms with Crippen LogP contribution in [0.2, 0.25) is 0 Å². The topological polar surface area (TPSA) is 77.3 Å². The third-order valence-corrected chi connectivity index (χ3v) is 9.50. The van der Waals surface area contributed by atoms with Gasteiger partial charge in [0.05, 0.1) is 24.9 Å². The number of aromatic nitrogens is 3. The maximum absolute atomic E-state index is 13.4. The van der Waals surface area contributed by atoms with Crippen molar-refractivity contribution in [1.29, 1.82) is 0 Å². The number of ether oxygens (including phenoxy) is 1. The molecule has 7 aromatic rings. The molecule has 2 aromatic heterocycles. The molecule has 3 heterocycles. The van der Waals surface area contributed by atoms with Crippen LogP contribution in [0.5, 0.6) is 0 Å². The second-order valence-electron chi connectivity index (χ2n) is 12.4. The van der Waals surface area contributed by atoms with Crippen LogP contribution < -0.4 is 0 Å². The quantitative estimate of drug-likeness (QED) is 0.123. The van der Waals surface area contributed by atoms with Crippen LogP contribution in [0.3, 0.4) is 0 Å². The lowest BCUT2D eigenvalue weighted by Crippen LogP contribution is -2.40. The van der Waals surface area contributed by atoms with Crippen LogP contribution in [0, 0.1) is 0 Å². The molecule has 0 unspecified atom stereocenters. The van der Waals surface area contributed by atoms with Crippen LogP contribution >= 0.6 is 0 Å². The van der Waals surface area contributed by atoms with E-state index in [0.29, 0.717) is 43.1 Å². The molecule has 7 nitrogen and oxygen atoms in total. The Kier molecular flexibility index (Phi) is 8.32. The van der Waals surface area contributed by atoms with E-state index in [-0.39, 0.29) is 5.91 Å². The summed E-state index contributed by atoms with van der Waals surface area (Å²) in [4.78, 5) is 31.8. The zero-order chi connectivity index (χ0) is 33.9. The highest BCUT2D eigenvalue weighted by molar-refractivity contribution is 6.03. The molecule has 1 aliphatic rings. The van der Waals surface area contributed by atoms with Crippen LogP contribution in [0.15, 0.2) is 152 Å². The molecule has 50 heavy (non-hydrogen) atoms. The minimum Gasteiger partial charge on any atom is -0.378 e. The molecule has 0 spiro atoms. The normalized spacial score (nSPS) is 13.3. The molecule has 0 N–H and O–H groups in total. The summed E-state index contributed by atoms with van der Waals surface area (Å²) in [6, 6.07) is 46.9. The van der Waals surface area contributed by atoms with Crippen LogP contribution in [-0.2, 0) is 10.3 Å². The Hall–Kier alpha value is -6.18. The number of carbonyl (C=O) groups is 2. The minimum absolute atomic E-state index is 0.0412. The Morgan fingerprint density at radius 3 is 1.92 bits per heavy atom. The number of aldehydes is 1. The third kappa shape index (κ3) is 5.57. The number of hydrogen-bond acceptors (Lipinski definition) is 5. The van der Waals surface area contributed by atoms with Crippen molar-refractivity contribution in [3.63, 3.8) is 0 Å². The zero-order valence-electron chi connectivity index (χ0n) is 27.4. The fraction of sp³-hybridized carbons (Fsp3) is 0.116. The summed E-state index contributed by atoms with van der Waals surface area (Å²) in [5.74, 6) is -0.0412. The fourth-order valence-corrected chi connectivity index (χ4v) is 7.08. The lowest BCUT2D eigenvalue weighted by Gasteiger charge is -2.36. The van der Waals surface area contributed by atoms with Crippen molar-refractivity contribution in [2.45, 2.75) is 5.54 Å². The second-order valence-corrected chi connectivity index (χ2v) is 12.4. The van der Waals surface area contributed by atoms with Gasteiger partial charge in [-0.3, -0.25) is 14.3 Å². The maximum Gasteiger partial charge on any atom is 0.254 e. The number of benzene rings is 5. The van der Waals surface area contributed by atoms with E-state index in [9.17, 15) is 9.59 Å². The van der Waals surface area contributed by atoms with E-state index >= 15 is 0 Å². The summed E-state index contributed by atoms with van der Waals surface area (Å²) in [7, 11) is 0. The largest absolute Gasteiger partial charge is 0.378 e. The number of morpholine rings is 1. The zero-order valence-corrected chi connectivity index (χ0v) is 27.4. The maximum atomic E-state index is 13.4. The summed E-state index contributed by atoms with van der Waals surface area (Å²) in [5, 5.41) is 5.86. The monoisotopic (exact) mass is 654 g/mol. The summed E-state index contributed by atoms with van der Waals surface area (Å²) in [6.07, 6.45) is 4.77. The highest BCUT2D eigenvalue weighted by Crippen LogP contribution is 2.41. The molecular weight excluding hydrogens is 620 g/mol. The van der Waals surface area contributed by atoms with E-state index in [1.807, 2.05) is 53.6 Å². The van der Waals surface area contributed by atoms with Gasteiger partial charge in [-0.05, 0) is 63.7 Å². The molecule has 0 aliphatic carbocycles. The summed E-state index contributed by atoms with van der Waals surface area (Å²) in [6.45, 7) is 2.17. The number of nitrogens with zero attached hydrogens (tertiary/aromatic N) is 4. The van der Waals surface area contributed by atoms with Crippen molar-refractivity contribution in [3.05, 3.63) is 180 Å². The molecule has 5 aromatic carbocycles. The van der Waals surface area contributed by atoms with Crippen molar-refractivity contribution in [1.82, 2.24) is 19.7 Å². The van der Waals surface area contributed by atoms with Gasteiger partial charge >= 0.3 is 0 Å². The van der Waals surface area contributed by atoms with Gasteiger partial charge in [-0.1, -0.05) is 109 Å². The molecule has 1 fully saturated rings. The standard InChI is InChI=1S/C43H34N4O3/c48-30-38-27-39(40-26-33(19-20-41(40)45-38)42(49)46-21-23-50-24-22-46)32-12-10-11-31(25-32)34-28-44-47(29-34)43(35-13-4-1-5-14-35,36-15-6-2-7-16-36)37-17-8-3-9-18-37/h1-20,25-30H,21-24H2. The van der Waals surface area contributed by atoms with Crippen LogP contribution in [0.1, 0.15) is 37.5 Å². The van der Waals surface area contributed by atoms with E-state index in [4.69, 9.17) is 9.84 Å². The Morgan fingerprint density at radius 2 is 1.30 bits per heavy atom. The number of carbonyl (C=O) groups excluding carboxylic acids is 2. The highest BCUT2D eigenvalue weighted by atomic mass is 16.5. The van der Waals surface area contributed by atoms with Gasteiger partial charge in [0, 0.05) is 35.8 Å². The molecule has 0 atom stereocenters. The molecule has 7 heteroatoms. The first-order chi connectivity index (χ1) is 24.6. The van der Waals surface area contributed by atoms with Gasteiger partial charge < -0.3 is 9.64 Å². The molecule has 1 saturated heterocycles. The second kappa shape index (κ2) is 13.4. The van der Waals surface area contributed by atoms with E-state index in [0.717, 1.165) is 50.6 Å². The number of amides is 1. The van der Waals surface area contributed by atoms with Gasteiger partial charge in [-0.25, -0.2) is 4.98 Å². The van der Waals surface area contributed by atoms with E-state index in [1.54, 1.807) is 12.1 Å². The van der Waals surface area contributed by atoms with Gasteiger partial charge in [-0.15, -0.1) is 0 Å². The number of fused-ring (bicyclic) bond motifs is 1. The highest BCUT2D eigenvalue weighted by Gasteiger charge is 2.39. The first-order valence-corrected chi connectivity index (χ1v) is 16.7. The van der Waals surface area contributed by atoms with Gasteiger partial charge in [-0.2, -0.15) is 5.10 Å². The Balaban J connectivity index is 1.25. The number of pyridine rings is 1. The number of hydrogen-bond donors (Lipinski definition) is 0. The summed E-state index contributed by atoms with van der Waals surface area (Å²) >= 11 is 0. The van der Waals surface area contributed by atoms with E-state index < -0.39 is 5.54 Å². The Bertz CT molecular complexity index is 2200. The molecular formula is C43H34N4O3. The summed E-state index contributed by atoms with van der Waals surface area (Å²) < 4.78 is 7.51. The van der Waals surface area contributed by atoms with Crippen molar-refractivity contribution in [2.75, 3.05) is 26.3 Å². The molecule has 244 valence electrons. The molecule has 8 rings (SSSR count). The summed E-state index contributed by atoms with van der Waals surface area (Å²) in [5.41, 5.74) is 7.74. The molecule has 0 saturated carbocycles. The van der Waals surface area contributed by atoms with Gasteiger partial charge in [0.2, 0.25) is 0 Å². The van der Waals surface area contributed by atoms with E-state index in [2.05, 4.69) is 101 Å². The van der Waals surface area contributed by atoms with Gasteiger partial charge in [0.15, 0.2) is 6.29 Å². The van der Waals surface area contributed by atoms with Gasteiger partial charge in [0.25, 0.3) is 5.91 Å². The van der Waals surface area contributed by atoms with Crippen molar-refractivity contribution in [2.24, 2.45) is 0 Å². The van der Waals surface area contributed by atoms with Crippen LogP contribution in [0.4, 0.5) is 0 Å². The van der Waals surface area contributed by atoms with Crippen LogP contribution in [0.25, 0.3) is 33.2 Å². The molecule has 1 amide bonds. The average Bonchev–Trinajstić information content (AvgIpc) is 3.70. The fourth-order valence-electron chi connectivity index (χ4n) is 7.08. The van der Waals surface area contributed by atoms with Crippen LogP contribution in [-0.4, -0.2) is 58.2 Å². The smallest absolute Gasteiger partial charge is 0.254 e. The van der Waals surface area contributed by atoms with Gasteiger partial charge in [0.1, 0.15) is 11.2 Å². The van der Waals surface area contributed by atoms with Crippen molar-refractivity contribution >= 4 is 23.1 Å². The van der Waals surface area contributed by atoms with Crippen molar-refractivity contribution in [3.8, 4) is 22.3 Å². The molecule has 0 radical (unpaired) electrons. The number of rotatable bonds is 8. The first kappa shape index (κ1) is 31.1. The predicted molar refractivity (Wildman–Crippen MR) is 195 cm³/mol. The Labute approximate surface area is 290 Å². The predicted octanol–water partition coefficient (Wildman–Crippen LogP) is 7.89. The first-order valence-electron chi connectivity index (χ1n) is 16.7. The van der Waals surface area contributed by atoms with Crippen molar-refractivity contribution < 1.29 is 14.3 Å². The lowest BCUT2D eigenvalue weighted by molar-refractivity contribution is 0.0303. The third-order valence-electron chi connectivity index (χ3n) is 9.50. The SMILES string of the molecule is O=Cc1cc(-c2cccc(-c3cnn(C(c4ccccc4)(c4ccccc4)c4ccccc4)c3)c2)c2cc(C(=O)N3CCOCC3)ccc2n1.